The number of benzene rings is 3. The van der Waals surface area contributed by atoms with Crippen LogP contribution in [0.1, 0.15) is 32.8 Å². The minimum absolute atomic E-state index is 0.0891. The molecule has 3 aromatic rings. The summed E-state index contributed by atoms with van der Waals surface area (Å²) in [6.07, 6.45) is 2.27. The Morgan fingerprint density at radius 1 is 0.971 bits per heavy atom. The van der Waals surface area contributed by atoms with Gasteiger partial charge < -0.3 is 8.98 Å². The zero-order valence-electron chi connectivity index (χ0n) is 20.2. The van der Waals surface area contributed by atoms with E-state index in [1.807, 2.05) is 36.4 Å². The monoisotopic (exact) mass is 553 g/mol. The van der Waals surface area contributed by atoms with Crippen molar-refractivity contribution in [1.29, 1.82) is 0 Å². The van der Waals surface area contributed by atoms with Gasteiger partial charge in [-0.05, 0) is 33.6 Å². The summed E-state index contributed by atoms with van der Waals surface area (Å²) >= 11 is 2.31. The first-order chi connectivity index (χ1) is 16.2. The Morgan fingerprint density at radius 3 is 2.06 bits per heavy atom. The van der Waals surface area contributed by atoms with Gasteiger partial charge in [-0.3, -0.25) is 0 Å². The van der Waals surface area contributed by atoms with Crippen LogP contribution in [0.4, 0.5) is 0 Å². The Bertz CT molecular complexity index is 1070. The highest BCUT2D eigenvalue weighted by Crippen LogP contribution is 2.36. The van der Waals surface area contributed by atoms with Crippen LogP contribution in [0, 0.1) is 11.8 Å². The SMILES string of the molecule is C[S@@+]([O-])N[C@@H](C#Cc1cccc(Br)c1)CCO[Si](c1ccccc1)(c1ccccc1)C(C)(C)C. The van der Waals surface area contributed by atoms with Crippen LogP contribution in [0.25, 0.3) is 0 Å². The third-order valence-corrected chi connectivity index (χ3v) is 11.8. The van der Waals surface area contributed by atoms with Crippen molar-refractivity contribution in [3.05, 3.63) is 95.0 Å². The van der Waals surface area contributed by atoms with E-state index in [2.05, 4.69) is 102 Å². The molecule has 0 aliphatic heterocycles. The standard InChI is InChI=1S/C28H32BrNO2SSi/c1-28(2,3)34(26-14-7-5-8-15-26,27-16-9-6-10-17-27)32-21-20-25(30-33(4)31)19-18-23-12-11-13-24(29)22-23/h5-17,22,25,30H,20-21H2,1-4H3/t25-,33+/m0/s1. The summed E-state index contributed by atoms with van der Waals surface area (Å²) in [6, 6.07) is 28.8. The van der Waals surface area contributed by atoms with E-state index in [1.54, 1.807) is 6.26 Å². The molecule has 3 rings (SSSR count). The van der Waals surface area contributed by atoms with Crippen LogP contribution in [0.15, 0.2) is 89.4 Å². The minimum atomic E-state index is -2.61. The van der Waals surface area contributed by atoms with Crippen molar-refractivity contribution in [2.75, 3.05) is 12.9 Å². The summed E-state index contributed by atoms with van der Waals surface area (Å²) in [5.74, 6) is 6.47. The normalized spacial score (nSPS) is 13.6. The summed E-state index contributed by atoms with van der Waals surface area (Å²) in [5, 5.41) is 2.41. The maximum atomic E-state index is 12.0. The first-order valence-electron chi connectivity index (χ1n) is 11.3. The van der Waals surface area contributed by atoms with Gasteiger partial charge in [-0.1, -0.05) is 115 Å². The third kappa shape index (κ3) is 6.85. The predicted molar refractivity (Wildman–Crippen MR) is 150 cm³/mol. The van der Waals surface area contributed by atoms with Gasteiger partial charge in [-0.15, -0.1) is 4.72 Å². The van der Waals surface area contributed by atoms with E-state index >= 15 is 0 Å². The van der Waals surface area contributed by atoms with Crippen molar-refractivity contribution in [2.24, 2.45) is 0 Å². The molecular formula is C28H32BrNO2SSi. The van der Waals surface area contributed by atoms with Gasteiger partial charge in [0.05, 0.1) is 0 Å². The summed E-state index contributed by atoms with van der Waals surface area (Å²) in [7, 11) is -2.61. The Kier molecular flexibility index (Phi) is 9.61. The summed E-state index contributed by atoms with van der Waals surface area (Å²) in [4.78, 5) is 0. The van der Waals surface area contributed by atoms with Gasteiger partial charge in [0.2, 0.25) is 0 Å². The van der Waals surface area contributed by atoms with Gasteiger partial charge in [0.25, 0.3) is 8.32 Å². The molecule has 0 heterocycles. The molecule has 3 aromatic carbocycles. The lowest BCUT2D eigenvalue weighted by molar-refractivity contribution is 0.285. The van der Waals surface area contributed by atoms with Crippen molar-refractivity contribution < 1.29 is 8.98 Å². The molecular weight excluding hydrogens is 522 g/mol. The lowest BCUT2D eigenvalue weighted by atomic mass is 10.2. The zero-order chi connectivity index (χ0) is 24.6. The first-order valence-corrected chi connectivity index (χ1v) is 15.6. The highest BCUT2D eigenvalue weighted by molar-refractivity contribution is 9.10. The lowest BCUT2D eigenvalue weighted by Crippen LogP contribution is -2.66. The van der Waals surface area contributed by atoms with Crippen molar-refractivity contribution >= 4 is 46.0 Å². The second kappa shape index (κ2) is 12.2. The van der Waals surface area contributed by atoms with Crippen molar-refractivity contribution in [1.82, 2.24) is 4.72 Å². The van der Waals surface area contributed by atoms with Crippen molar-refractivity contribution in [2.45, 2.75) is 38.3 Å². The minimum Gasteiger partial charge on any atom is -0.598 e. The molecule has 3 nitrogen and oxygen atoms in total. The average Bonchev–Trinajstić information content (AvgIpc) is 2.80. The highest BCUT2D eigenvalue weighted by Gasteiger charge is 2.50. The molecule has 0 aliphatic rings. The fourth-order valence-corrected chi connectivity index (χ4v) is 9.75. The Morgan fingerprint density at radius 2 is 1.56 bits per heavy atom. The topological polar surface area (TPSA) is 44.3 Å². The highest BCUT2D eigenvalue weighted by atomic mass is 79.9. The molecule has 0 saturated heterocycles. The van der Waals surface area contributed by atoms with Crippen LogP contribution < -0.4 is 15.1 Å². The fourth-order valence-electron chi connectivity index (χ4n) is 4.19. The van der Waals surface area contributed by atoms with E-state index in [0.29, 0.717) is 13.0 Å². The van der Waals surface area contributed by atoms with Gasteiger partial charge in [0, 0.05) is 34.4 Å². The van der Waals surface area contributed by atoms with E-state index in [-0.39, 0.29) is 11.1 Å². The quantitative estimate of drug-likeness (QED) is 0.242. The third-order valence-electron chi connectivity index (χ3n) is 5.67. The van der Waals surface area contributed by atoms with E-state index in [4.69, 9.17) is 4.43 Å². The molecule has 6 heteroatoms. The molecule has 0 saturated carbocycles. The van der Waals surface area contributed by atoms with E-state index in [0.717, 1.165) is 10.0 Å². The van der Waals surface area contributed by atoms with Crippen LogP contribution in [-0.2, 0) is 15.8 Å². The molecule has 0 spiro atoms. The molecule has 0 aromatic heterocycles. The number of hydrogen-bond acceptors (Lipinski definition) is 3. The largest absolute Gasteiger partial charge is 0.598 e. The molecule has 0 amide bonds. The van der Waals surface area contributed by atoms with Crippen molar-refractivity contribution in [3.8, 4) is 11.8 Å². The second-order valence-electron chi connectivity index (χ2n) is 9.20. The summed E-state index contributed by atoms with van der Waals surface area (Å²) in [5.41, 5.74) is 0.913. The Balaban J connectivity index is 1.89. The second-order valence-corrected chi connectivity index (χ2v) is 15.6. The van der Waals surface area contributed by atoms with Crippen LogP contribution >= 0.6 is 15.9 Å². The van der Waals surface area contributed by atoms with Gasteiger partial charge in [0.1, 0.15) is 12.3 Å². The van der Waals surface area contributed by atoms with Crippen LogP contribution in [-0.4, -0.2) is 31.8 Å². The first kappa shape index (κ1) is 26.7. The average molecular weight is 555 g/mol. The van der Waals surface area contributed by atoms with E-state index in [1.165, 1.54) is 10.4 Å². The Hall–Kier alpha value is -1.85. The number of nitrogens with one attached hydrogen (secondary N) is 1. The smallest absolute Gasteiger partial charge is 0.261 e. The molecule has 34 heavy (non-hydrogen) atoms. The summed E-state index contributed by atoms with van der Waals surface area (Å²) < 4.78 is 23.0. The number of hydrogen-bond donors (Lipinski definition) is 1. The molecule has 0 aliphatic carbocycles. The van der Waals surface area contributed by atoms with Gasteiger partial charge in [-0.25, -0.2) is 0 Å². The predicted octanol–water partition coefficient (Wildman–Crippen LogP) is 5.02. The molecule has 1 N–H and O–H groups in total. The van der Waals surface area contributed by atoms with E-state index < -0.39 is 19.7 Å². The van der Waals surface area contributed by atoms with Crippen molar-refractivity contribution in [3.63, 3.8) is 0 Å². The number of halogens is 1. The number of rotatable bonds is 8. The maximum Gasteiger partial charge on any atom is 0.261 e. The van der Waals surface area contributed by atoms with E-state index in [9.17, 15) is 4.55 Å². The molecule has 178 valence electrons. The molecule has 0 bridgehead atoms. The van der Waals surface area contributed by atoms with Gasteiger partial charge in [0.15, 0.2) is 0 Å². The Labute approximate surface area is 216 Å². The fraction of sp³-hybridized carbons (Fsp3) is 0.286. The molecule has 0 radical (unpaired) electrons. The molecule has 0 fully saturated rings. The van der Waals surface area contributed by atoms with Crippen LogP contribution in [0.3, 0.4) is 0 Å². The van der Waals surface area contributed by atoms with Gasteiger partial charge >= 0.3 is 0 Å². The lowest BCUT2D eigenvalue weighted by Gasteiger charge is -2.43. The van der Waals surface area contributed by atoms with Crippen LogP contribution in [0.5, 0.6) is 0 Å². The van der Waals surface area contributed by atoms with Gasteiger partial charge in [-0.2, -0.15) is 0 Å². The molecule has 2 atom stereocenters. The summed E-state index contributed by atoms with van der Waals surface area (Å²) in [6.45, 7) is 7.31. The maximum absolute atomic E-state index is 12.0. The zero-order valence-corrected chi connectivity index (χ0v) is 23.6. The van der Waals surface area contributed by atoms with Crippen LogP contribution in [0.2, 0.25) is 5.04 Å². The molecule has 0 unspecified atom stereocenters.